The quantitative estimate of drug-likeness (QED) is 0.482. The second-order valence-electron chi connectivity index (χ2n) is 6.02. The lowest BCUT2D eigenvalue weighted by atomic mass is 10.2. The van der Waals surface area contributed by atoms with Gasteiger partial charge in [0.2, 0.25) is 0 Å². The van der Waals surface area contributed by atoms with E-state index in [1.807, 2.05) is 13.8 Å². The number of rotatable bonds is 6. The standard InChI is InChI=1S/C20H21BrN2O4S/c1-4-26-19(25)13-5-8-15(9-6-13)22-20(28)23-18(24)14-7-10-17(16(21)11-14)27-12(2)3/h5-12H,4H2,1-3H3,(H2,22,23,24,28). The Morgan fingerprint density at radius 2 is 1.75 bits per heavy atom. The Morgan fingerprint density at radius 1 is 1.11 bits per heavy atom. The third-order valence-corrected chi connectivity index (χ3v) is 4.26. The van der Waals surface area contributed by atoms with Crippen molar-refractivity contribution in [3.05, 3.63) is 58.1 Å². The fourth-order valence-corrected chi connectivity index (χ4v) is 2.92. The summed E-state index contributed by atoms with van der Waals surface area (Å²) < 4.78 is 11.2. The Morgan fingerprint density at radius 3 is 2.32 bits per heavy atom. The molecule has 2 aromatic carbocycles. The Labute approximate surface area is 177 Å². The summed E-state index contributed by atoms with van der Waals surface area (Å²) in [5.41, 5.74) is 1.51. The van der Waals surface area contributed by atoms with Crippen LogP contribution in [0, 0.1) is 0 Å². The van der Waals surface area contributed by atoms with Crippen molar-refractivity contribution in [2.45, 2.75) is 26.9 Å². The molecule has 8 heteroatoms. The van der Waals surface area contributed by atoms with Crippen LogP contribution in [0.1, 0.15) is 41.5 Å². The summed E-state index contributed by atoms with van der Waals surface area (Å²) in [6, 6.07) is 11.7. The van der Waals surface area contributed by atoms with E-state index in [1.165, 1.54) is 0 Å². The van der Waals surface area contributed by atoms with Crippen molar-refractivity contribution in [2.75, 3.05) is 11.9 Å². The molecule has 28 heavy (non-hydrogen) atoms. The van der Waals surface area contributed by atoms with E-state index in [-0.39, 0.29) is 23.1 Å². The first-order valence-corrected chi connectivity index (χ1v) is 9.86. The van der Waals surface area contributed by atoms with E-state index in [4.69, 9.17) is 21.7 Å². The Kier molecular flexibility index (Phi) is 7.95. The molecule has 0 atom stereocenters. The van der Waals surface area contributed by atoms with Gasteiger partial charge in [0.05, 0.1) is 22.7 Å². The number of anilines is 1. The molecule has 0 spiro atoms. The first-order valence-electron chi connectivity index (χ1n) is 8.66. The number of amides is 1. The van der Waals surface area contributed by atoms with Crippen molar-refractivity contribution in [3.8, 4) is 5.75 Å². The van der Waals surface area contributed by atoms with Gasteiger partial charge in [-0.25, -0.2) is 4.79 Å². The largest absolute Gasteiger partial charge is 0.490 e. The van der Waals surface area contributed by atoms with Crippen LogP contribution in [0.25, 0.3) is 0 Å². The molecule has 0 aliphatic rings. The minimum absolute atomic E-state index is 0.0305. The second-order valence-corrected chi connectivity index (χ2v) is 7.28. The van der Waals surface area contributed by atoms with E-state index in [0.29, 0.717) is 33.6 Å². The Hall–Kier alpha value is -2.45. The molecule has 0 aromatic heterocycles. The van der Waals surface area contributed by atoms with Crippen molar-refractivity contribution in [1.82, 2.24) is 5.32 Å². The normalized spacial score (nSPS) is 10.3. The van der Waals surface area contributed by atoms with Gasteiger partial charge in [-0.1, -0.05) is 0 Å². The highest BCUT2D eigenvalue weighted by atomic mass is 79.9. The number of thiocarbonyl (C=S) groups is 1. The monoisotopic (exact) mass is 464 g/mol. The van der Waals surface area contributed by atoms with Gasteiger partial charge in [0.25, 0.3) is 5.91 Å². The lowest BCUT2D eigenvalue weighted by molar-refractivity contribution is 0.0526. The average Bonchev–Trinajstić information content (AvgIpc) is 2.63. The van der Waals surface area contributed by atoms with Gasteiger partial charge in [0, 0.05) is 11.3 Å². The van der Waals surface area contributed by atoms with Crippen LogP contribution in [0.15, 0.2) is 46.9 Å². The molecule has 0 aliphatic heterocycles. The minimum Gasteiger partial charge on any atom is -0.490 e. The topological polar surface area (TPSA) is 76.7 Å². The molecule has 0 bridgehead atoms. The SMILES string of the molecule is CCOC(=O)c1ccc(NC(=S)NC(=O)c2ccc(OC(C)C)c(Br)c2)cc1. The zero-order chi connectivity index (χ0) is 20.7. The maximum absolute atomic E-state index is 12.4. The summed E-state index contributed by atoms with van der Waals surface area (Å²) in [4.78, 5) is 24.0. The fourth-order valence-electron chi connectivity index (χ4n) is 2.23. The first-order chi connectivity index (χ1) is 13.3. The van der Waals surface area contributed by atoms with Crippen LogP contribution in [0.5, 0.6) is 5.75 Å². The predicted octanol–water partition coefficient (Wildman–Crippen LogP) is 4.54. The molecular formula is C20H21BrN2O4S. The minimum atomic E-state index is -0.389. The van der Waals surface area contributed by atoms with Gasteiger partial charge < -0.3 is 14.8 Å². The van der Waals surface area contributed by atoms with Gasteiger partial charge in [0.1, 0.15) is 5.75 Å². The number of benzene rings is 2. The average molecular weight is 465 g/mol. The molecule has 148 valence electrons. The molecule has 2 rings (SSSR count). The zero-order valence-corrected chi connectivity index (χ0v) is 18.1. The Bertz CT molecular complexity index is 869. The van der Waals surface area contributed by atoms with Gasteiger partial charge in [-0.05, 0) is 91.4 Å². The van der Waals surface area contributed by atoms with Crippen molar-refractivity contribution < 1.29 is 19.1 Å². The van der Waals surface area contributed by atoms with Crippen LogP contribution in [0.3, 0.4) is 0 Å². The summed E-state index contributed by atoms with van der Waals surface area (Å²) in [5.74, 6) is -0.0771. The first kappa shape index (κ1) is 21.8. The third kappa shape index (κ3) is 6.31. The van der Waals surface area contributed by atoms with Crippen LogP contribution < -0.4 is 15.4 Å². The van der Waals surface area contributed by atoms with E-state index < -0.39 is 0 Å². The molecular weight excluding hydrogens is 444 g/mol. The van der Waals surface area contributed by atoms with Gasteiger partial charge >= 0.3 is 5.97 Å². The number of hydrogen-bond donors (Lipinski definition) is 2. The van der Waals surface area contributed by atoms with Gasteiger partial charge in [-0.3, -0.25) is 10.1 Å². The van der Waals surface area contributed by atoms with Gasteiger partial charge in [-0.15, -0.1) is 0 Å². The van der Waals surface area contributed by atoms with Crippen molar-refractivity contribution in [2.24, 2.45) is 0 Å². The molecule has 2 aromatic rings. The van der Waals surface area contributed by atoms with Gasteiger partial charge in [-0.2, -0.15) is 0 Å². The van der Waals surface area contributed by atoms with Crippen LogP contribution in [-0.2, 0) is 4.74 Å². The highest BCUT2D eigenvalue weighted by Crippen LogP contribution is 2.27. The maximum atomic E-state index is 12.4. The van der Waals surface area contributed by atoms with E-state index in [0.717, 1.165) is 0 Å². The third-order valence-electron chi connectivity index (χ3n) is 3.44. The number of carbonyl (C=O) groups is 2. The number of ether oxygens (including phenoxy) is 2. The number of halogens is 1. The number of esters is 1. The maximum Gasteiger partial charge on any atom is 0.338 e. The lowest BCUT2D eigenvalue weighted by Crippen LogP contribution is -2.34. The van der Waals surface area contributed by atoms with E-state index in [1.54, 1.807) is 49.4 Å². The van der Waals surface area contributed by atoms with Crippen LogP contribution in [-0.4, -0.2) is 29.7 Å². The molecule has 0 radical (unpaired) electrons. The summed E-state index contributed by atoms with van der Waals surface area (Å²) >= 11 is 8.59. The molecule has 0 aliphatic carbocycles. The summed E-state index contributed by atoms with van der Waals surface area (Å²) in [7, 11) is 0. The van der Waals surface area contributed by atoms with E-state index in [2.05, 4.69) is 26.6 Å². The smallest absolute Gasteiger partial charge is 0.338 e. The Balaban J connectivity index is 1.96. The number of nitrogens with one attached hydrogen (secondary N) is 2. The van der Waals surface area contributed by atoms with Crippen LogP contribution in [0.4, 0.5) is 5.69 Å². The predicted molar refractivity (Wildman–Crippen MR) is 116 cm³/mol. The summed E-state index contributed by atoms with van der Waals surface area (Å²) in [5, 5.41) is 5.67. The van der Waals surface area contributed by atoms with Crippen molar-refractivity contribution >= 4 is 50.8 Å². The van der Waals surface area contributed by atoms with Crippen molar-refractivity contribution in [1.29, 1.82) is 0 Å². The number of carbonyl (C=O) groups excluding carboxylic acids is 2. The molecule has 0 unspecified atom stereocenters. The van der Waals surface area contributed by atoms with E-state index >= 15 is 0 Å². The van der Waals surface area contributed by atoms with E-state index in [9.17, 15) is 9.59 Å². The molecule has 2 N–H and O–H groups in total. The highest BCUT2D eigenvalue weighted by molar-refractivity contribution is 9.10. The van der Waals surface area contributed by atoms with Crippen molar-refractivity contribution in [3.63, 3.8) is 0 Å². The van der Waals surface area contributed by atoms with Crippen LogP contribution >= 0.6 is 28.1 Å². The summed E-state index contributed by atoms with van der Waals surface area (Å²) in [6.07, 6.45) is 0.0305. The molecule has 0 fully saturated rings. The molecule has 1 amide bonds. The van der Waals surface area contributed by atoms with Gasteiger partial charge in [0.15, 0.2) is 5.11 Å². The number of hydrogen-bond acceptors (Lipinski definition) is 5. The molecule has 0 heterocycles. The second kappa shape index (κ2) is 10.2. The molecule has 0 saturated carbocycles. The zero-order valence-electron chi connectivity index (χ0n) is 15.7. The highest BCUT2D eigenvalue weighted by Gasteiger charge is 2.12. The lowest BCUT2D eigenvalue weighted by Gasteiger charge is -2.13. The van der Waals surface area contributed by atoms with Crippen LogP contribution in [0.2, 0.25) is 0 Å². The molecule has 0 saturated heterocycles. The fraction of sp³-hybridized carbons (Fsp3) is 0.250. The summed E-state index contributed by atoms with van der Waals surface area (Å²) in [6.45, 7) is 5.92. The molecule has 6 nitrogen and oxygen atoms in total.